The number of hydrogen-bond donors (Lipinski definition) is 2. The normalized spacial score (nSPS) is 16.9. The molecule has 2 unspecified atom stereocenters. The predicted molar refractivity (Wildman–Crippen MR) is 157 cm³/mol. The molecule has 0 spiro atoms. The van der Waals surface area contributed by atoms with E-state index in [1.54, 1.807) is 36.9 Å². The lowest BCUT2D eigenvalue weighted by atomic mass is 9.81. The van der Waals surface area contributed by atoms with E-state index in [2.05, 4.69) is 25.8 Å². The Kier molecular flexibility index (Phi) is 5.80. The number of aromatic amines is 1. The Morgan fingerprint density at radius 1 is 1.00 bits per heavy atom. The summed E-state index contributed by atoms with van der Waals surface area (Å²) in [6, 6.07) is 24.5. The van der Waals surface area contributed by atoms with Crippen molar-refractivity contribution in [1.82, 2.24) is 25.8 Å². The minimum atomic E-state index is -0.686. The molecule has 0 bridgehead atoms. The summed E-state index contributed by atoms with van der Waals surface area (Å²) in [5, 5.41) is 15.8. The molecule has 0 saturated carbocycles. The summed E-state index contributed by atoms with van der Waals surface area (Å²) >= 11 is 0. The highest BCUT2D eigenvalue weighted by Crippen LogP contribution is 2.49. The van der Waals surface area contributed by atoms with Gasteiger partial charge in [0, 0.05) is 28.5 Å². The monoisotopic (exact) mass is 587 g/mol. The summed E-state index contributed by atoms with van der Waals surface area (Å²) in [5.74, 6) is 0.669. The zero-order valence-corrected chi connectivity index (χ0v) is 23.5. The third kappa shape index (κ3) is 3.89. The topological polar surface area (TPSA) is 119 Å². The molecule has 216 valence electrons. The van der Waals surface area contributed by atoms with Crippen LogP contribution < -0.4 is 25.1 Å². The first-order valence-electron chi connectivity index (χ1n) is 13.9. The number of rotatable bonds is 4. The average Bonchev–Trinajstić information content (AvgIpc) is 3.55. The van der Waals surface area contributed by atoms with Gasteiger partial charge in [-0.25, -0.2) is 9.78 Å². The Balaban J connectivity index is 1.40. The van der Waals surface area contributed by atoms with Crippen LogP contribution in [0, 0.1) is 12.9 Å². The van der Waals surface area contributed by atoms with Gasteiger partial charge in [0.05, 0.1) is 24.0 Å². The number of aromatic nitrogens is 5. The van der Waals surface area contributed by atoms with Crippen molar-refractivity contribution in [3.63, 3.8) is 0 Å². The van der Waals surface area contributed by atoms with Crippen molar-refractivity contribution in [2.45, 2.75) is 19.0 Å². The first-order chi connectivity index (χ1) is 21.5. The number of allylic oxidation sites excluding steroid dienone is 1. The van der Waals surface area contributed by atoms with Gasteiger partial charge in [-0.3, -0.25) is 0 Å². The molecule has 8 rings (SSSR count). The van der Waals surface area contributed by atoms with Crippen molar-refractivity contribution in [1.29, 1.82) is 0 Å². The second kappa shape index (κ2) is 9.87. The van der Waals surface area contributed by atoms with Gasteiger partial charge in [0.1, 0.15) is 22.0 Å². The smallest absolute Gasteiger partial charge is 0.344 e. The summed E-state index contributed by atoms with van der Waals surface area (Å²) in [4.78, 5) is 17.7. The van der Waals surface area contributed by atoms with Crippen molar-refractivity contribution >= 4 is 16.5 Å². The van der Waals surface area contributed by atoms with E-state index in [1.165, 1.54) is 6.20 Å². The van der Waals surface area contributed by atoms with Crippen LogP contribution in [0.15, 0.2) is 100 Å². The molecule has 2 aliphatic heterocycles. The SMILES string of the molecule is COc1ccc(C2C3=C(NC(c4ccccc4)[n+]4[nH]nnc43)Oc3c2c(=O)oc2ccccc32)cc1-c1cnc(F)c(C)c1. The number of nitrogens with one attached hydrogen (secondary N) is 2. The van der Waals surface area contributed by atoms with E-state index in [4.69, 9.17) is 13.9 Å². The van der Waals surface area contributed by atoms with Crippen molar-refractivity contribution in [3.8, 4) is 22.6 Å². The maximum Gasteiger partial charge on any atom is 0.344 e. The number of hydrogen-bond acceptors (Lipinski definition) is 8. The highest BCUT2D eigenvalue weighted by Gasteiger charge is 2.46. The first kappa shape index (κ1) is 25.8. The minimum absolute atomic E-state index is 0.321. The first-order valence-corrected chi connectivity index (χ1v) is 13.9. The number of H-pyrrole nitrogens is 1. The molecule has 3 aromatic carbocycles. The van der Waals surface area contributed by atoms with E-state index in [9.17, 15) is 9.18 Å². The molecule has 0 fully saturated rings. The molecule has 6 aromatic rings. The number of tetrazole rings is 1. The van der Waals surface area contributed by atoms with Crippen molar-refractivity contribution in [3.05, 3.63) is 135 Å². The van der Waals surface area contributed by atoms with Crippen molar-refractivity contribution in [2.75, 3.05) is 7.11 Å². The van der Waals surface area contributed by atoms with Gasteiger partial charge in [-0.2, -0.15) is 4.39 Å². The zero-order valence-electron chi connectivity index (χ0n) is 23.5. The van der Waals surface area contributed by atoms with Crippen molar-refractivity contribution < 1.29 is 23.0 Å². The average molecular weight is 588 g/mol. The van der Waals surface area contributed by atoms with Crippen LogP contribution in [-0.4, -0.2) is 27.6 Å². The molecule has 2 aliphatic rings. The number of nitrogens with zero attached hydrogens (tertiary/aromatic N) is 4. The molecule has 3 aromatic heterocycles. The maximum absolute atomic E-state index is 14.1. The zero-order chi connectivity index (χ0) is 29.9. The fourth-order valence-electron chi connectivity index (χ4n) is 6.07. The summed E-state index contributed by atoms with van der Waals surface area (Å²) in [7, 11) is 1.57. The minimum Gasteiger partial charge on any atom is -0.496 e. The molecule has 2 N–H and O–H groups in total. The van der Waals surface area contributed by atoms with E-state index in [0.717, 1.165) is 11.1 Å². The summed E-state index contributed by atoms with van der Waals surface area (Å²) in [6.45, 7) is 1.66. The molecule has 0 aliphatic carbocycles. The van der Waals surface area contributed by atoms with Crippen LogP contribution in [0.1, 0.15) is 40.2 Å². The van der Waals surface area contributed by atoms with Gasteiger partial charge < -0.3 is 19.2 Å². The largest absolute Gasteiger partial charge is 0.496 e. The molecular weight excluding hydrogens is 563 g/mol. The molecular formula is C33H24FN6O4+. The molecule has 44 heavy (non-hydrogen) atoms. The van der Waals surface area contributed by atoms with E-state index in [0.29, 0.717) is 62.0 Å². The fraction of sp³-hybridized carbons (Fsp3) is 0.121. The van der Waals surface area contributed by atoms with Crippen LogP contribution in [0.4, 0.5) is 4.39 Å². The quantitative estimate of drug-likeness (QED) is 0.172. The number of ether oxygens (including phenoxy) is 2. The molecule has 0 amide bonds. The summed E-state index contributed by atoms with van der Waals surface area (Å²) in [6.07, 6.45) is 1.06. The fourth-order valence-corrected chi connectivity index (χ4v) is 6.07. The van der Waals surface area contributed by atoms with Crippen LogP contribution in [0.2, 0.25) is 0 Å². The van der Waals surface area contributed by atoms with Gasteiger partial charge in [-0.05, 0) is 42.8 Å². The maximum atomic E-state index is 14.1. The van der Waals surface area contributed by atoms with Crippen LogP contribution in [-0.2, 0) is 0 Å². The van der Waals surface area contributed by atoms with E-state index >= 15 is 0 Å². The lowest BCUT2D eigenvalue weighted by Gasteiger charge is -2.33. The van der Waals surface area contributed by atoms with Crippen LogP contribution in [0.25, 0.3) is 27.7 Å². The molecule has 2 atom stereocenters. The van der Waals surface area contributed by atoms with Gasteiger partial charge in [0.25, 0.3) is 0 Å². The Bertz CT molecular complexity index is 2190. The number of aryl methyl sites for hydroxylation is 1. The Morgan fingerprint density at radius 3 is 2.64 bits per heavy atom. The molecule has 10 nitrogen and oxygen atoms in total. The molecule has 11 heteroatoms. The van der Waals surface area contributed by atoms with E-state index in [-0.39, 0.29) is 0 Å². The Hall–Kier alpha value is -5.84. The van der Waals surface area contributed by atoms with E-state index in [1.807, 2.05) is 60.7 Å². The van der Waals surface area contributed by atoms with Crippen LogP contribution in [0.5, 0.6) is 11.5 Å². The van der Waals surface area contributed by atoms with E-state index < -0.39 is 23.7 Å². The molecule has 0 radical (unpaired) electrons. The third-order valence-corrected chi connectivity index (χ3v) is 8.11. The number of pyridine rings is 1. The third-order valence-electron chi connectivity index (χ3n) is 8.11. The standard InChI is InChI=1S/C33H23FN6O4/c1-17-14-20(16-35-29(17)34)22-15-19(12-13-23(22)42-2)25-26-28(21-10-6-7-11-24(21)43-33(26)41)44-32-27(25)31-37-38-39-40(31)30(36-32)18-8-4-3-5-9-18/h3-16,25,30H,1-2H3,(H,36,37,39)/p+1. The van der Waals surface area contributed by atoms with Gasteiger partial charge in [-0.1, -0.05) is 53.7 Å². The number of fused-ring (bicyclic) bond motifs is 5. The second-order valence-corrected chi connectivity index (χ2v) is 10.6. The summed E-state index contributed by atoms with van der Waals surface area (Å²) in [5.41, 5.74) is 4.23. The van der Waals surface area contributed by atoms with Crippen LogP contribution >= 0.6 is 0 Å². The predicted octanol–water partition coefficient (Wildman–Crippen LogP) is 4.76. The number of methoxy groups -OCH3 is 1. The van der Waals surface area contributed by atoms with Gasteiger partial charge in [0.15, 0.2) is 17.1 Å². The summed E-state index contributed by atoms with van der Waals surface area (Å²) < 4.78 is 34.0. The number of para-hydroxylation sites is 1. The highest BCUT2D eigenvalue weighted by atomic mass is 19.1. The number of benzene rings is 3. The highest BCUT2D eigenvalue weighted by molar-refractivity contribution is 5.89. The second-order valence-electron chi connectivity index (χ2n) is 10.6. The molecule has 5 heterocycles. The van der Waals surface area contributed by atoms with Crippen molar-refractivity contribution in [2.24, 2.45) is 0 Å². The number of halogens is 1. The van der Waals surface area contributed by atoms with Gasteiger partial charge in [-0.15, -0.1) is 4.68 Å². The lowest BCUT2D eigenvalue weighted by Crippen LogP contribution is -2.56. The van der Waals surface area contributed by atoms with Gasteiger partial charge >= 0.3 is 11.4 Å². The Morgan fingerprint density at radius 2 is 1.82 bits per heavy atom. The lowest BCUT2D eigenvalue weighted by molar-refractivity contribution is -0.777. The molecule has 0 saturated heterocycles. The van der Waals surface area contributed by atoms with Gasteiger partial charge in [0.2, 0.25) is 11.8 Å². The Labute approximate surface area is 249 Å². The van der Waals surface area contributed by atoms with Crippen LogP contribution in [0.3, 0.4) is 0 Å².